The van der Waals surface area contributed by atoms with Crippen LogP contribution in [-0.2, 0) is 9.53 Å². The molecule has 2 amide bonds. The van der Waals surface area contributed by atoms with Crippen LogP contribution in [0.3, 0.4) is 0 Å². The molecule has 2 aromatic carbocycles. The monoisotopic (exact) mass is 465 g/mol. The number of hydrazone groups is 1. The molecular weight excluding hydrogens is 445 g/mol. The molecule has 1 N–H and O–H groups in total. The zero-order valence-electron chi connectivity index (χ0n) is 16.8. The van der Waals surface area contributed by atoms with Crippen LogP contribution in [0.2, 0.25) is 10.0 Å². The number of carbonyl (C=O) groups is 2. The molecule has 0 aromatic heterocycles. The minimum atomic E-state index is -0.427. The lowest BCUT2D eigenvalue weighted by Gasteiger charge is -2.26. The summed E-state index contributed by atoms with van der Waals surface area (Å²) < 4.78 is 16.2. The third kappa shape index (κ3) is 6.33. The van der Waals surface area contributed by atoms with Crippen molar-refractivity contribution < 1.29 is 23.8 Å². The van der Waals surface area contributed by atoms with Crippen LogP contribution in [0.1, 0.15) is 15.9 Å². The van der Waals surface area contributed by atoms with Gasteiger partial charge in [-0.3, -0.25) is 9.59 Å². The largest absolute Gasteiger partial charge is 0.493 e. The van der Waals surface area contributed by atoms with Gasteiger partial charge in [-0.05, 0) is 42.0 Å². The molecule has 1 aliphatic heterocycles. The van der Waals surface area contributed by atoms with E-state index in [-0.39, 0.29) is 17.5 Å². The summed E-state index contributed by atoms with van der Waals surface area (Å²) in [6.45, 7) is 2.09. The Kier molecular flexibility index (Phi) is 8.11. The second kappa shape index (κ2) is 11.0. The Morgan fingerprint density at radius 2 is 1.90 bits per heavy atom. The lowest BCUT2D eigenvalue weighted by molar-refractivity contribution is -0.137. The molecule has 0 aliphatic carbocycles. The van der Waals surface area contributed by atoms with E-state index in [9.17, 15) is 9.59 Å². The first kappa shape index (κ1) is 22.9. The predicted molar refractivity (Wildman–Crippen MR) is 117 cm³/mol. The number of methoxy groups -OCH3 is 1. The van der Waals surface area contributed by atoms with Gasteiger partial charge in [-0.25, -0.2) is 5.43 Å². The normalized spacial score (nSPS) is 13.8. The maximum atomic E-state index is 12.2. The lowest BCUT2D eigenvalue weighted by atomic mass is 10.2. The van der Waals surface area contributed by atoms with Crippen LogP contribution in [0.4, 0.5) is 0 Å². The van der Waals surface area contributed by atoms with Crippen molar-refractivity contribution in [3.8, 4) is 11.5 Å². The van der Waals surface area contributed by atoms with Crippen LogP contribution >= 0.6 is 23.2 Å². The van der Waals surface area contributed by atoms with E-state index in [1.54, 1.807) is 29.2 Å². The van der Waals surface area contributed by atoms with Gasteiger partial charge in [0.1, 0.15) is 0 Å². The molecule has 0 bridgehead atoms. The quantitative estimate of drug-likeness (QED) is 0.501. The number of morpholine rings is 1. The fourth-order valence-electron chi connectivity index (χ4n) is 2.79. The van der Waals surface area contributed by atoms with Gasteiger partial charge in [0.05, 0.1) is 36.6 Å². The number of amides is 2. The number of carbonyl (C=O) groups excluding carboxylic acids is 2. The first-order chi connectivity index (χ1) is 15.0. The van der Waals surface area contributed by atoms with Gasteiger partial charge >= 0.3 is 0 Å². The molecule has 10 heteroatoms. The number of rotatable bonds is 7. The van der Waals surface area contributed by atoms with Crippen LogP contribution in [-0.4, -0.2) is 62.9 Å². The molecule has 0 saturated carbocycles. The van der Waals surface area contributed by atoms with Gasteiger partial charge in [-0.1, -0.05) is 23.2 Å². The summed E-state index contributed by atoms with van der Waals surface area (Å²) in [5.41, 5.74) is 3.42. The Labute approximate surface area is 189 Å². The fraction of sp³-hybridized carbons (Fsp3) is 0.286. The van der Waals surface area contributed by atoms with Crippen molar-refractivity contribution in [2.45, 2.75) is 0 Å². The number of nitrogens with zero attached hydrogens (tertiary/aromatic N) is 2. The summed E-state index contributed by atoms with van der Waals surface area (Å²) >= 11 is 11.8. The Balaban J connectivity index is 1.57. The van der Waals surface area contributed by atoms with E-state index < -0.39 is 5.91 Å². The van der Waals surface area contributed by atoms with Crippen LogP contribution < -0.4 is 14.9 Å². The van der Waals surface area contributed by atoms with Crippen molar-refractivity contribution in [1.29, 1.82) is 0 Å². The van der Waals surface area contributed by atoms with Crippen LogP contribution in [0.25, 0.3) is 0 Å². The Morgan fingerprint density at radius 3 is 2.61 bits per heavy atom. The van der Waals surface area contributed by atoms with Gasteiger partial charge < -0.3 is 19.1 Å². The number of halogens is 2. The fourth-order valence-corrected chi connectivity index (χ4v) is 3.09. The standard InChI is InChI=1S/C21H21Cl2N3O5/c1-29-19-10-14(12-24-25-21(28)15-3-4-16(22)17(23)11-15)2-5-18(19)31-13-20(27)26-6-8-30-9-7-26/h2-5,10-12H,6-9,13H2,1H3,(H,25,28)/b24-12-. The highest BCUT2D eigenvalue weighted by Gasteiger charge is 2.18. The zero-order valence-corrected chi connectivity index (χ0v) is 18.3. The van der Waals surface area contributed by atoms with E-state index in [4.69, 9.17) is 37.4 Å². The van der Waals surface area contributed by atoms with Gasteiger partial charge in [-0.2, -0.15) is 5.10 Å². The second-order valence-corrected chi connectivity index (χ2v) is 7.33. The molecule has 0 spiro atoms. The number of hydrogen-bond acceptors (Lipinski definition) is 6. The minimum absolute atomic E-state index is 0.0937. The van der Waals surface area contributed by atoms with Gasteiger partial charge in [0.2, 0.25) is 0 Å². The first-order valence-electron chi connectivity index (χ1n) is 9.42. The molecule has 1 aliphatic rings. The van der Waals surface area contributed by atoms with Gasteiger partial charge in [0, 0.05) is 18.7 Å². The molecule has 1 saturated heterocycles. The van der Waals surface area contributed by atoms with Crippen molar-refractivity contribution in [2.75, 3.05) is 40.0 Å². The molecule has 1 fully saturated rings. The average molecular weight is 466 g/mol. The van der Waals surface area contributed by atoms with Gasteiger partial charge in [0.25, 0.3) is 11.8 Å². The van der Waals surface area contributed by atoms with Crippen molar-refractivity contribution in [1.82, 2.24) is 10.3 Å². The summed E-state index contributed by atoms with van der Waals surface area (Å²) in [6.07, 6.45) is 1.46. The highest BCUT2D eigenvalue weighted by molar-refractivity contribution is 6.42. The van der Waals surface area contributed by atoms with E-state index in [0.29, 0.717) is 54.0 Å². The molecule has 0 atom stereocenters. The second-order valence-electron chi connectivity index (χ2n) is 6.52. The number of hydrogen-bond donors (Lipinski definition) is 1. The van der Waals surface area contributed by atoms with Gasteiger partial charge in [-0.15, -0.1) is 0 Å². The Bertz CT molecular complexity index is 977. The molecule has 0 unspecified atom stereocenters. The topological polar surface area (TPSA) is 89.5 Å². The first-order valence-corrected chi connectivity index (χ1v) is 10.2. The van der Waals surface area contributed by atoms with Crippen molar-refractivity contribution in [2.24, 2.45) is 5.10 Å². The van der Waals surface area contributed by atoms with Crippen LogP contribution in [0.15, 0.2) is 41.5 Å². The van der Waals surface area contributed by atoms with E-state index >= 15 is 0 Å². The molecule has 164 valence electrons. The Morgan fingerprint density at radius 1 is 1.13 bits per heavy atom. The predicted octanol–water partition coefficient (Wildman–Crippen LogP) is 3.00. The zero-order chi connectivity index (χ0) is 22.2. The van der Waals surface area contributed by atoms with E-state index in [1.165, 1.54) is 25.5 Å². The van der Waals surface area contributed by atoms with Gasteiger partial charge in [0.15, 0.2) is 18.1 Å². The highest BCUT2D eigenvalue weighted by atomic mass is 35.5. The maximum Gasteiger partial charge on any atom is 0.271 e. The third-order valence-electron chi connectivity index (χ3n) is 4.46. The summed E-state index contributed by atoms with van der Waals surface area (Å²) in [7, 11) is 1.50. The summed E-state index contributed by atoms with van der Waals surface area (Å²) in [6, 6.07) is 9.63. The smallest absolute Gasteiger partial charge is 0.271 e. The van der Waals surface area contributed by atoms with E-state index in [0.717, 1.165) is 0 Å². The SMILES string of the molecule is COc1cc(/C=N\NC(=O)c2ccc(Cl)c(Cl)c2)ccc1OCC(=O)N1CCOCC1. The molecule has 2 aromatic rings. The van der Waals surface area contributed by atoms with E-state index in [2.05, 4.69) is 10.5 Å². The van der Waals surface area contributed by atoms with Crippen molar-refractivity contribution >= 4 is 41.2 Å². The third-order valence-corrected chi connectivity index (χ3v) is 5.20. The summed E-state index contributed by atoms with van der Waals surface area (Å²) in [5.74, 6) is 0.333. The average Bonchev–Trinajstić information content (AvgIpc) is 2.80. The molecule has 1 heterocycles. The van der Waals surface area contributed by atoms with Crippen molar-refractivity contribution in [3.63, 3.8) is 0 Å². The minimum Gasteiger partial charge on any atom is -0.493 e. The molecule has 3 rings (SSSR count). The highest BCUT2D eigenvalue weighted by Crippen LogP contribution is 2.27. The maximum absolute atomic E-state index is 12.2. The Hall–Kier alpha value is -2.81. The van der Waals surface area contributed by atoms with Crippen LogP contribution in [0, 0.1) is 0 Å². The van der Waals surface area contributed by atoms with E-state index in [1.807, 2.05) is 0 Å². The number of ether oxygens (including phenoxy) is 3. The van der Waals surface area contributed by atoms with Crippen LogP contribution in [0.5, 0.6) is 11.5 Å². The molecule has 8 nitrogen and oxygen atoms in total. The summed E-state index contributed by atoms with van der Waals surface area (Å²) in [4.78, 5) is 26.1. The molecular formula is C21H21Cl2N3O5. The number of benzene rings is 2. The summed E-state index contributed by atoms with van der Waals surface area (Å²) in [5, 5.41) is 4.59. The lowest BCUT2D eigenvalue weighted by Crippen LogP contribution is -2.43. The molecule has 31 heavy (non-hydrogen) atoms. The number of nitrogens with one attached hydrogen (secondary N) is 1. The van der Waals surface area contributed by atoms with Crippen molar-refractivity contribution in [3.05, 3.63) is 57.6 Å². The molecule has 0 radical (unpaired) electrons.